The van der Waals surface area contributed by atoms with Crippen molar-refractivity contribution in [3.63, 3.8) is 0 Å². The highest BCUT2D eigenvalue weighted by Crippen LogP contribution is 2.20. The molecule has 1 atom stereocenters. The number of hydrogen-bond donors (Lipinski definition) is 2. The average molecular weight is 246 g/mol. The summed E-state index contributed by atoms with van der Waals surface area (Å²) in [6.07, 6.45) is 1.94. The van der Waals surface area contributed by atoms with Gasteiger partial charge >= 0.3 is 0 Å². The number of nitrogens with one attached hydrogen (secondary N) is 1. The van der Waals surface area contributed by atoms with Crippen molar-refractivity contribution >= 4 is 27.9 Å². The van der Waals surface area contributed by atoms with Crippen molar-refractivity contribution in [3.8, 4) is 0 Å². The Bertz CT molecular complexity index is 453. The van der Waals surface area contributed by atoms with Gasteiger partial charge in [-0.05, 0) is 6.92 Å². The lowest BCUT2D eigenvalue weighted by Crippen LogP contribution is -2.29. The monoisotopic (exact) mass is 245 g/mol. The van der Waals surface area contributed by atoms with Crippen molar-refractivity contribution in [2.24, 2.45) is 0 Å². The van der Waals surface area contributed by atoms with E-state index in [1.54, 1.807) is 11.3 Å². The van der Waals surface area contributed by atoms with Gasteiger partial charge in [-0.2, -0.15) is 0 Å². The van der Waals surface area contributed by atoms with E-state index in [4.69, 9.17) is 16.7 Å². The van der Waals surface area contributed by atoms with Gasteiger partial charge in [0.2, 0.25) is 0 Å². The summed E-state index contributed by atoms with van der Waals surface area (Å²) < 4.78 is 1.96. The maximum atomic E-state index is 8.89. The molecule has 2 N–H and O–H groups in total. The van der Waals surface area contributed by atoms with Crippen LogP contribution in [0.15, 0.2) is 11.6 Å². The zero-order valence-corrected chi connectivity index (χ0v) is 9.85. The summed E-state index contributed by atoms with van der Waals surface area (Å²) in [5, 5.41) is 14.6. The van der Waals surface area contributed by atoms with Gasteiger partial charge in [-0.25, -0.2) is 4.98 Å². The predicted molar refractivity (Wildman–Crippen MR) is 61.5 cm³/mol. The lowest BCUT2D eigenvalue weighted by molar-refractivity contribution is 0.250. The SMILES string of the molecule is C[C@@H](CO)NCc1c(Cl)nc2sccn12. The molecular formula is C9H12ClN3OS. The number of aromatic nitrogens is 2. The molecule has 0 radical (unpaired) electrons. The summed E-state index contributed by atoms with van der Waals surface area (Å²) in [6.45, 7) is 2.64. The molecule has 6 heteroatoms. The Kier molecular flexibility index (Phi) is 3.25. The molecule has 82 valence electrons. The Morgan fingerprint density at radius 1 is 1.73 bits per heavy atom. The van der Waals surface area contributed by atoms with Gasteiger partial charge in [0.25, 0.3) is 0 Å². The van der Waals surface area contributed by atoms with Crippen LogP contribution in [0.2, 0.25) is 5.15 Å². The van der Waals surface area contributed by atoms with Crippen molar-refractivity contribution in [2.45, 2.75) is 19.5 Å². The van der Waals surface area contributed by atoms with Crippen molar-refractivity contribution in [3.05, 3.63) is 22.4 Å². The molecule has 2 aromatic rings. The minimum atomic E-state index is 0.0604. The highest BCUT2D eigenvalue weighted by Gasteiger charge is 2.11. The fourth-order valence-corrected chi connectivity index (χ4v) is 2.32. The van der Waals surface area contributed by atoms with E-state index in [1.807, 2.05) is 22.9 Å². The van der Waals surface area contributed by atoms with Crippen LogP contribution in [-0.4, -0.2) is 27.1 Å². The number of nitrogens with zero attached hydrogens (tertiary/aromatic N) is 2. The van der Waals surface area contributed by atoms with Crippen LogP contribution in [0.3, 0.4) is 0 Å². The fraction of sp³-hybridized carbons (Fsp3) is 0.444. The van der Waals surface area contributed by atoms with Gasteiger partial charge in [0, 0.05) is 24.2 Å². The van der Waals surface area contributed by atoms with Crippen molar-refractivity contribution in [1.29, 1.82) is 0 Å². The van der Waals surface area contributed by atoms with Crippen molar-refractivity contribution in [1.82, 2.24) is 14.7 Å². The van der Waals surface area contributed by atoms with Crippen molar-refractivity contribution in [2.75, 3.05) is 6.61 Å². The number of aliphatic hydroxyl groups is 1. The molecule has 0 aliphatic carbocycles. The van der Waals surface area contributed by atoms with Crippen LogP contribution in [-0.2, 0) is 6.54 Å². The molecule has 0 aliphatic rings. The van der Waals surface area contributed by atoms with E-state index in [9.17, 15) is 0 Å². The number of aliphatic hydroxyl groups excluding tert-OH is 1. The van der Waals surface area contributed by atoms with Crippen LogP contribution in [0.25, 0.3) is 4.96 Å². The molecular weight excluding hydrogens is 234 g/mol. The maximum Gasteiger partial charge on any atom is 0.195 e. The van der Waals surface area contributed by atoms with Gasteiger partial charge in [0.05, 0.1) is 12.3 Å². The fourth-order valence-electron chi connectivity index (χ4n) is 1.30. The smallest absolute Gasteiger partial charge is 0.195 e. The van der Waals surface area contributed by atoms with E-state index in [-0.39, 0.29) is 12.6 Å². The van der Waals surface area contributed by atoms with Gasteiger partial charge < -0.3 is 10.4 Å². The summed E-state index contributed by atoms with van der Waals surface area (Å²) in [6, 6.07) is 0.0604. The summed E-state index contributed by atoms with van der Waals surface area (Å²) in [7, 11) is 0. The zero-order valence-electron chi connectivity index (χ0n) is 8.27. The van der Waals surface area contributed by atoms with Crippen LogP contribution < -0.4 is 5.32 Å². The molecule has 0 saturated heterocycles. The Morgan fingerprint density at radius 2 is 2.53 bits per heavy atom. The number of fused-ring (bicyclic) bond motifs is 1. The third-order valence-electron chi connectivity index (χ3n) is 2.20. The summed E-state index contributed by atoms with van der Waals surface area (Å²) in [5.41, 5.74) is 0.938. The third-order valence-corrected chi connectivity index (χ3v) is 3.26. The number of thiazole rings is 1. The second-order valence-corrected chi connectivity index (χ2v) is 4.60. The second kappa shape index (κ2) is 4.49. The quantitative estimate of drug-likeness (QED) is 0.859. The lowest BCUT2D eigenvalue weighted by atomic mass is 10.3. The standard InChI is InChI=1S/C9H12ClN3OS/c1-6(5-14)11-4-7-8(10)12-9-13(7)2-3-15-9/h2-3,6,11,14H,4-5H2,1H3/t6-/m0/s1. The van der Waals surface area contributed by atoms with Gasteiger partial charge in [0.1, 0.15) is 0 Å². The van der Waals surface area contributed by atoms with E-state index >= 15 is 0 Å². The molecule has 2 rings (SSSR count). The van der Waals surface area contributed by atoms with Gasteiger partial charge in [-0.15, -0.1) is 11.3 Å². The molecule has 15 heavy (non-hydrogen) atoms. The molecule has 0 aromatic carbocycles. The number of rotatable bonds is 4. The normalized spacial score (nSPS) is 13.5. The molecule has 0 unspecified atom stereocenters. The first-order valence-corrected chi connectivity index (χ1v) is 5.92. The van der Waals surface area contributed by atoms with Crippen LogP contribution in [0.1, 0.15) is 12.6 Å². The first-order valence-electron chi connectivity index (χ1n) is 4.66. The van der Waals surface area contributed by atoms with Crippen LogP contribution in [0, 0.1) is 0 Å². The Labute approximate surface area is 96.5 Å². The minimum absolute atomic E-state index is 0.0604. The van der Waals surface area contributed by atoms with Gasteiger partial charge in [0.15, 0.2) is 10.1 Å². The molecule has 2 heterocycles. The largest absolute Gasteiger partial charge is 0.395 e. The Morgan fingerprint density at radius 3 is 3.27 bits per heavy atom. The predicted octanol–water partition coefficient (Wildman–Crippen LogP) is 1.52. The third kappa shape index (κ3) is 2.15. The lowest BCUT2D eigenvalue weighted by Gasteiger charge is -2.09. The summed E-state index contributed by atoms with van der Waals surface area (Å²) in [5.74, 6) is 0. The molecule has 0 spiro atoms. The highest BCUT2D eigenvalue weighted by molar-refractivity contribution is 7.15. The average Bonchev–Trinajstić information content (AvgIpc) is 2.75. The molecule has 0 saturated carbocycles. The number of halogens is 1. The van der Waals surface area contributed by atoms with Crippen LogP contribution in [0.5, 0.6) is 0 Å². The highest BCUT2D eigenvalue weighted by atomic mass is 35.5. The summed E-state index contributed by atoms with van der Waals surface area (Å²) >= 11 is 7.56. The first-order chi connectivity index (χ1) is 7.22. The van der Waals surface area contributed by atoms with Crippen LogP contribution >= 0.6 is 22.9 Å². The maximum absolute atomic E-state index is 8.89. The Hall–Kier alpha value is -0.620. The van der Waals surface area contributed by atoms with E-state index in [1.165, 1.54) is 0 Å². The molecule has 0 fully saturated rings. The number of hydrogen-bond acceptors (Lipinski definition) is 4. The molecule has 0 bridgehead atoms. The molecule has 0 amide bonds. The first kappa shape index (κ1) is 10.9. The summed E-state index contributed by atoms with van der Waals surface area (Å²) in [4.78, 5) is 5.12. The minimum Gasteiger partial charge on any atom is -0.395 e. The molecule has 4 nitrogen and oxygen atoms in total. The topological polar surface area (TPSA) is 49.6 Å². The molecule has 2 aromatic heterocycles. The van der Waals surface area contributed by atoms with Gasteiger partial charge in [-0.3, -0.25) is 4.40 Å². The zero-order chi connectivity index (χ0) is 10.8. The van der Waals surface area contributed by atoms with Crippen LogP contribution in [0.4, 0.5) is 0 Å². The van der Waals surface area contributed by atoms with E-state index in [2.05, 4.69) is 10.3 Å². The van der Waals surface area contributed by atoms with Gasteiger partial charge in [-0.1, -0.05) is 11.6 Å². The second-order valence-electron chi connectivity index (χ2n) is 3.37. The van der Waals surface area contributed by atoms with E-state index < -0.39 is 0 Å². The molecule has 0 aliphatic heterocycles. The number of imidazole rings is 1. The Balaban J connectivity index is 2.19. The van der Waals surface area contributed by atoms with E-state index in [0.29, 0.717) is 11.7 Å². The van der Waals surface area contributed by atoms with Crippen molar-refractivity contribution < 1.29 is 5.11 Å². The van der Waals surface area contributed by atoms with E-state index in [0.717, 1.165) is 10.7 Å².